The third-order valence-electron chi connectivity index (χ3n) is 4.71. The zero-order chi connectivity index (χ0) is 16.4. The monoisotopic (exact) mass is 323 g/mol. The molecule has 0 bridgehead atoms. The van der Waals surface area contributed by atoms with Gasteiger partial charge in [0.2, 0.25) is 5.91 Å². The molecule has 1 fully saturated rings. The summed E-state index contributed by atoms with van der Waals surface area (Å²) in [7, 11) is 0. The van der Waals surface area contributed by atoms with Gasteiger partial charge in [-0.1, -0.05) is 12.1 Å². The van der Waals surface area contributed by atoms with Crippen molar-refractivity contribution < 1.29 is 9.21 Å². The number of aromatic amines is 1. The zero-order valence-electron chi connectivity index (χ0n) is 13.6. The van der Waals surface area contributed by atoms with Crippen molar-refractivity contribution in [2.24, 2.45) is 0 Å². The summed E-state index contributed by atoms with van der Waals surface area (Å²) in [5, 5.41) is 0. The van der Waals surface area contributed by atoms with Crippen LogP contribution in [0.15, 0.2) is 47.1 Å². The van der Waals surface area contributed by atoms with Crippen molar-refractivity contribution in [2.45, 2.75) is 38.1 Å². The highest BCUT2D eigenvalue weighted by molar-refractivity contribution is 5.78. The molecule has 4 rings (SSSR count). The number of fused-ring (bicyclic) bond motifs is 1. The lowest BCUT2D eigenvalue weighted by molar-refractivity contribution is -0.135. The molecule has 3 heterocycles. The zero-order valence-corrected chi connectivity index (χ0v) is 13.6. The lowest BCUT2D eigenvalue weighted by Gasteiger charge is -2.34. The van der Waals surface area contributed by atoms with E-state index in [0.717, 1.165) is 48.4 Å². The fourth-order valence-corrected chi connectivity index (χ4v) is 3.47. The van der Waals surface area contributed by atoms with E-state index in [1.54, 1.807) is 6.26 Å². The van der Waals surface area contributed by atoms with Gasteiger partial charge in [0.15, 0.2) is 0 Å². The third kappa shape index (κ3) is 2.94. The van der Waals surface area contributed by atoms with Gasteiger partial charge in [-0.25, -0.2) is 4.98 Å². The van der Waals surface area contributed by atoms with Crippen LogP contribution in [0.5, 0.6) is 0 Å². The number of benzene rings is 1. The molecule has 0 unspecified atom stereocenters. The van der Waals surface area contributed by atoms with Crippen LogP contribution in [0, 0.1) is 0 Å². The molecule has 2 aromatic heterocycles. The van der Waals surface area contributed by atoms with Crippen molar-refractivity contribution in [1.29, 1.82) is 0 Å². The number of para-hydroxylation sites is 2. The topological polar surface area (TPSA) is 62.1 Å². The van der Waals surface area contributed by atoms with Crippen LogP contribution < -0.4 is 0 Å². The number of carbonyl (C=O) groups excluding carboxylic acids is 1. The minimum absolute atomic E-state index is 0.0512. The summed E-state index contributed by atoms with van der Waals surface area (Å²) < 4.78 is 5.33. The maximum absolute atomic E-state index is 12.7. The first-order valence-corrected chi connectivity index (χ1v) is 8.58. The van der Waals surface area contributed by atoms with Crippen LogP contribution in [0.25, 0.3) is 11.0 Å². The van der Waals surface area contributed by atoms with E-state index in [1.807, 2.05) is 41.3 Å². The summed E-state index contributed by atoms with van der Waals surface area (Å²) in [6, 6.07) is 11.8. The number of H-pyrrole nitrogens is 1. The maximum Gasteiger partial charge on any atom is 0.223 e. The van der Waals surface area contributed by atoms with Crippen LogP contribution in [0.3, 0.4) is 0 Å². The van der Waals surface area contributed by atoms with Gasteiger partial charge < -0.3 is 14.3 Å². The van der Waals surface area contributed by atoms with Crippen molar-refractivity contribution in [3.63, 3.8) is 0 Å². The normalized spacial score (nSPS) is 18.2. The van der Waals surface area contributed by atoms with Crippen molar-refractivity contribution in [2.75, 3.05) is 6.54 Å². The Morgan fingerprint density at radius 2 is 2.17 bits per heavy atom. The van der Waals surface area contributed by atoms with E-state index in [9.17, 15) is 4.79 Å². The molecule has 1 amide bonds. The van der Waals surface area contributed by atoms with Crippen LogP contribution in [-0.4, -0.2) is 27.3 Å². The number of imidazole rings is 1. The molecule has 1 aliphatic rings. The second-order valence-electron chi connectivity index (χ2n) is 6.32. The SMILES string of the molecule is O=C(CCc1ccco1)N1CCCC[C@H]1c1nc2ccccc2[nH]1. The summed E-state index contributed by atoms with van der Waals surface area (Å²) in [5.74, 6) is 1.94. The van der Waals surface area contributed by atoms with Gasteiger partial charge >= 0.3 is 0 Å². The van der Waals surface area contributed by atoms with E-state index in [4.69, 9.17) is 9.40 Å². The average molecular weight is 323 g/mol. The van der Waals surface area contributed by atoms with Gasteiger partial charge in [-0.15, -0.1) is 0 Å². The molecule has 3 aromatic rings. The maximum atomic E-state index is 12.7. The molecule has 1 N–H and O–H groups in total. The molecule has 5 heteroatoms. The molecule has 0 saturated carbocycles. The van der Waals surface area contributed by atoms with E-state index in [0.29, 0.717) is 12.8 Å². The fraction of sp³-hybridized carbons (Fsp3) is 0.368. The van der Waals surface area contributed by atoms with Gasteiger partial charge in [0.25, 0.3) is 0 Å². The molecular weight excluding hydrogens is 302 g/mol. The molecule has 1 atom stereocenters. The van der Waals surface area contributed by atoms with Crippen LogP contribution >= 0.6 is 0 Å². The van der Waals surface area contributed by atoms with Crippen molar-refractivity contribution in [3.8, 4) is 0 Å². The van der Waals surface area contributed by atoms with E-state index in [-0.39, 0.29) is 11.9 Å². The highest BCUT2D eigenvalue weighted by Gasteiger charge is 2.29. The number of hydrogen-bond donors (Lipinski definition) is 1. The summed E-state index contributed by atoms with van der Waals surface area (Å²) in [5.41, 5.74) is 1.99. The largest absolute Gasteiger partial charge is 0.469 e. The molecule has 24 heavy (non-hydrogen) atoms. The summed E-state index contributed by atoms with van der Waals surface area (Å²) in [4.78, 5) is 22.8. The first-order chi connectivity index (χ1) is 11.8. The fourth-order valence-electron chi connectivity index (χ4n) is 3.47. The number of amides is 1. The smallest absolute Gasteiger partial charge is 0.223 e. The van der Waals surface area contributed by atoms with Crippen molar-refractivity contribution in [1.82, 2.24) is 14.9 Å². The standard InChI is InChI=1S/C19H21N3O2/c23-18(11-10-14-6-5-13-24-14)22-12-4-3-9-17(22)19-20-15-7-1-2-8-16(15)21-19/h1-2,5-8,13,17H,3-4,9-12H2,(H,20,21)/t17-/m0/s1. The van der Waals surface area contributed by atoms with Gasteiger partial charge in [0.1, 0.15) is 11.6 Å². The number of hydrogen-bond acceptors (Lipinski definition) is 3. The number of aromatic nitrogens is 2. The van der Waals surface area contributed by atoms with E-state index >= 15 is 0 Å². The average Bonchev–Trinajstić information content (AvgIpc) is 3.29. The molecule has 0 radical (unpaired) electrons. The van der Waals surface area contributed by atoms with E-state index in [1.165, 1.54) is 0 Å². The number of nitrogens with zero attached hydrogens (tertiary/aromatic N) is 2. The predicted molar refractivity (Wildman–Crippen MR) is 91.4 cm³/mol. The number of furan rings is 1. The highest BCUT2D eigenvalue weighted by atomic mass is 16.3. The lowest BCUT2D eigenvalue weighted by atomic mass is 10.0. The number of rotatable bonds is 4. The summed E-state index contributed by atoms with van der Waals surface area (Å²) in [6.45, 7) is 0.804. The van der Waals surface area contributed by atoms with E-state index in [2.05, 4.69) is 4.98 Å². The van der Waals surface area contributed by atoms with Gasteiger partial charge in [-0.05, 0) is 43.5 Å². The molecular formula is C19H21N3O2. The minimum Gasteiger partial charge on any atom is -0.469 e. The van der Waals surface area contributed by atoms with Crippen LogP contribution in [0.2, 0.25) is 0 Å². The molecule has 124 valence electrons. The Morgan fingerprint density at radius 3 is 3.00 bits per heavy atom. The Kier molecular flexibility index (Phi) is 4.07. The third-order valence-corrected chi connectivity index (χ3v) is 4.71. The molecule has 1 aromatic carbocycles. The Morgan fingerprint density at radius 1 is 1.25 bits per heavy atom. The molecule has 0 aliphatic carbocycles. The highest BCUT2D eigenvalue weighted by Crippen LogP contribution is 2.31. The number of piperidine rings is 1. The first kappa shape index (κ1) is 15.0. The number of aryl methyl sites for hydroxylation is 1. The quantitative estimate of drug-likeness (QED) is 0.793. The summed E-state index contributed by atoms with van der Waals surface area (Å²) >= 11 is 0. The first-order valence-electron chi connectivity index (χ1n) is 8.58. The Bertz CT molecular complexity index is 789. The number of carbonyl (C=O) groups is 1. The molecule has 1 saturated heterocycles. The van der Waals surface area contributed by atoms with Gasteiger partial charge in [-0.3, -0.25) is 4.79 Å². The Balaban J connectivity index is 1.52. The van der Waals surface area contributed by atoms with Gasteiger partial charge in [0.05, 0.1) is 23.3 Å². The predicted octanol–water partition coefficient (Wildman–Crippen LogP) is 3.84. The van der Waals surface area contributed by atoms with Gasteiger partial charge in [-0.2, -0.15) is 0 Å². The Labute approximate surface area is 140 Å². The van der Waals surface area contributed by atoms with E-state index < -0.39 is 0 Å². The van der Waals surface area contributed by atoms with Crippen molar-refractivity contribution >= 4 is 16.9 Å². The second-order valence-corrected chi connectivity index (χ2v) is 6.32. The van der Waals surface area contributed by atoms with Crippen molar-refractivity contribution in [3.05, 3.63) is 54.2 Å². The molecule has 0 spiro atoms. The summed E-state index contributed by atoms with van der Waals surface area (Å²) in [6.07, 6.45) is 5.93. The van der Waals surface area contributed by atoms with Crippen LogP contribution in [0.1, 0.15) is 43.3 Å². The molecule has 5 nitrogen and oxygen atoms in total. The lowest BCUT2D eigenvalue weighted by Crippen LogP contribution is -2.39. The second kappa shape index (κ2) is 6.51. The number of likely N-dealkylation sites (tertiary alicyclic amines) is 1. The van der Waals surface area contributed by atoms with Crippen LogP contribution in [-0.2, 0) is 11.2 Å². The van der Waals surface area contributed by atoms with Crippen LogP contribution in [0.4, 0.5) is 0 Å². The van der Waals surface area contributed by atoms with Gasteiger partial charge in [0, 0.05) is 19.4 Å². The Hall–Kier alpha value is -2.56. The molecule has 1 aliphatic heterocycles. The minimum atomic E-state index is 0.0512. The number of nitrogens with one attached hydrogen (secondary N) is 1.